The van der Waals surface area contributed by atoms with E-state index in [0.29, 0.717) is 13.1 Å². The SMILES string of the molecule is COc1ccc(/C=C/C=C2\CN(C)C/C(=C\C=C\c3ccc(OC)cc3)C2=O)cc1. The smallest absolute Gasteiger partial charge is 0.187 e. The summed E-state index contributed by atoms with van der Waals surface area (Å²) in [4.78, 5) is 15.0. The van der Waals surface area contributed by atoms with Crippen LogP contribution in [0.15, 0.2) is 84.0 Å². The molecule has 154 valence electrons. The third-order valence-electron chi connectivity index (χ3n) is 4.87. The summed E-state index contributed by atoms with van der Waals surface area (Å²) in [7, 11) is 5.32. The third-order valence-corrected chi connectivity index (χ3v) is 4.87. The number of likely N-dealkylation sites (N-methyl/N-ethyl adjacent to an activating group) is 1. The van der Waals surface area contributed by atoms with E-state index < -0.39 is 0 Å². The number of ketones is 1. The minimum absolute atomic E-state index is 0.104. The highest BCUT2D eigenvalue weighted by molar-refractivity contribution is 6.10. The molecule has 2 aromatic rings. The molecule has 0 N–H and O–H groups in total. The van der Waals surface area contributed by atoms with Gasteiger partial charge in [-0.2, -0.15) is 0 Å². The summed E-state index contributed by atoms with van der Waals surface area (Å²) in [5, 5.41) is 0. The zero-order valence-electron chi connectivity index (χ0n) is 17.7. The fraction of sp³-hybridized carbons (Fsp3) is 0.192. The predicted molar refractivity (Wildman–Crippen MR) is 123 cm³/mol. The number of carbonyl (C=O) groups is 1. The van der Waals surface area contributed by atoms with E-state index in [1.807, 2.05) is 92.0 Å². The number of nitrogens with zero attached hydrogens (tertiary/aromatic N) is 1. The van der Waals surface area contributed by atoms with Crippen molar-refractivity contribution in [2.75, 3.05) is 34.4 Å². The Labute approximate surface area is 178 Å². The van der Waals surface area contributed by atoms with Crippen molar-refractivity contribution in [2.45, 2.75) is 0 Å². The normalized spacial score (nSPS) is 18.0. The molecule has 1 saturated heterocycles. The van der Waals surface area contributed by atoms with Gasteiger partial charge in [0, 0.05) is 24.2 Å². The molecule has 3 rings (SSSR count). The van der Waals surface area contributed by atoms with Gasteiger partial charge >= 0.3 is 0 Å². The van der Waals surface area contributed by atoms with Crippen LogP contribution in [-0.2, 0) is 4.79 Å². The van der Waals surface area contributed by atoms with Gasteiger partial charge in [-0.3, -0.25) is 9.69 Å². The number of benzene rings is 2. The second-order valence-corrected chi connectivity index (χ2v) is 7.15. The Morgan fingerprint density at radius 2 is 1.13 bits per heavy atom. The van der Waals surface area contributed by atoms with Gasteiger partial charge in [-0.15, -0.1) is 0 Å². The van der Waals surface area contributed by atoms with Crippen LogP contribution in [0, 0.1) is 0 Å². The molecule has 0 spiro atoms. The first-order valence-corrected chi connectivity index (χ1v) is 9.85. The van der Waals surface area contributed by atoms with Crippen LogP contribution >= 0.6 is 0 Å². The Morgan fingerprint density at radius 3 is 1.50 bits per heavy atom. The number of methoxy groups -OCH3 is 2. The lowest BCUT2D eigenvalue weighted by Gasteiger charge is -2.25. The molecule has 0 radical (unpaired) electrons. The number of carbonyl (C=O) groups excluding carboxylic acids is 1. The molecule has 1 aliphatic rings. The fourth-order valence-electron chi connectivity index (χ4n) is 3.22. The van der Waals surface area contributed by atoms with E-state index >= 15 is 0 Å². The van der Waals surface area contributed by atoms with Crippen LogP contribution in [0.5, 0.6) is 11.5 Å². The van der Waals surface area contributed by atoms with Crippen molar-refractivity contribution in [2.24, 2.45) is 0 Å². The van der Waals surface area contributed by atoms with E-state index in [2.05, 4.69) is 4.90 Å². The van der Waals surface area contributed by atoms with Gasteiger partial charge in [0.05, 0.1) is 14.2 Å². The van der Waals surface area contributed by atoms with Crippen LogP contribution in [0.1, 0.15) is 11.1 Å². The maximum atomic E-state index is 12.9. The van der Waals surface area contributed by atoms with E-state index in [-0.39, 0.29) is 5.78 Å². The zero-order chi connectivity index (χ0) is 21.3. The first kappa shape index (κ1) is 21.3. The highest BCUT2D eigenvalue weighted by Gasteiger charge is 2.22. The summed E-state index contributed by atoms with van der Waals surface area (Å²) in [6, 6.07) is 15.6. The van der Waals surface area contributed by atoms with Crippen LogP contribution in [0.25, 0.3) is 12.2 Å². The molecular weight excluding hydrogens is 374 g/mol. The summed E-state index contributed by atoms with van der Waals surface area (Å²) >= 11 is 0. The van der Waals surface area contributed by atoms with Gasteiger partial charge < -0.3 is 9.47 Å². The average Bonchev–Trinajstić information content (AvgIpc) is 2.77. The van der Waals surface area contributed by atoms with Gasteiger partial charge in [-0.1, -0.05) is 60.7 Å². The molecule has 0 aliphatic carbocycles. The third kappa shape index (κ3) is 5.82. The molecule has 2 aromatic carbocycles. The molecule has 0 saturated carbocycles. The van der Waals surface area contributed by atoms with E-state index in [4.69, 9.17) is 9.47 Å². The number of hydrogen-bond donors (Lipinski definition) is 0. The monoisotopic (exact) mass is 401 g/mol. The van der Waals surface area contributed by atoms with Crippen molar-refractivity contribution in [3.8, 4) is 11.5 Å². The van der Waals surface area contributed by atoms with Crippen LogP contribution in [0.3, 0.4) is 0 Å². The average molecular weight is 402 g/mol. The van der Waals surface area contributed by atoms with Gasteiger partial charge in [0.1, 0.15) is 11.5 Å². The van der Waals surface area contributed by atoms with E-state index in [9.17, 15) is 4.79 Å². The quantitative estimate of drug-likeness (QED) is 0.652. The zero-order valence-corrected chi connectivity index (χ0v) is 17.7. The number of ether oxygens (including phenoxy) is 2. The molecule has 1 fully saturated rings. The number of piperidine rings is 1. The summed E-state index contributed by atoms with van der Waals surface area (Å²) in [5.41, 5.74) is 3.69. The molecule has 0 aromatic heterocycles. The van der Waals surface area contributed by atoms with Gasteiger partial charge in [0.2, 0.25) is 0 Å². The summed E-state index contributed by atoms with van der Waals surface area (Å²) < 4.78 is 10.3. The molecule has 1 aliphatic heterocycles. The minimum Gasteiger partial charge on any atom is -0.497 e. The van der Waals surface area contributed by atoms with Gasteiger partial charge in [0.15, 0.2) is 5.78 Å². The molecule has 1 heterocycles. The Balaban J connectivity index is 1.69. The minimum atomic E-state index is 0.104. The molecule has 4 heteroatoms. The van der Waals surface area contributed by atoms with Gasteiger partial charge in [-0.25, -0.2) is 0 Å². The Morgan fingerprint density at radius 1 is 0.733 bits per heavy atom. The maximum absolute atomic E-state index is 12.9. The molecular formula is C26H27NO3. The number of allylic oxidation sites excluding steroid dienone is 4. The standard InChI is InChI=1S/C26H27NO3/c1-27-18-22(8-4-6-20-10-14-24(29-2)15-11-20)26(28)23(19-27)9-5-7-21-12-16-25(30-3)17-13-21/h4-17H,18-19H2,1-3H3/b6-4+,7-5+,22-8+,23-9+. The number of Topliss-reactive ketones (excluding diaryl/α,β-unsaturated/α-hetero) is 1. The highest BCUT2D eigenvalue weighted by Crippen LogP contribution is 2.18. The fourth-order valence-corrected chi connectivity index (χ4v) is 3.22. The second-order valence-electron chi connectivity index (χ2n) is 7.15. The van der Waals surface area contributed by atoms with Crippen LogP contribution in [0.4, 0.5) is 0 Å². The number of likely N-dealkylation sites (tertiary alicyclic amines) is 1. The van der Waals surface area contributed by atoms with Gasteiger partial charge in [0.25, 0.3) is 0 Å². The van der Waals surface area contributed by atoms with Crippen molar-refractivity contribution < 1.29 is 14.3 Å². The lowest BCUT2D eigenvalue weighted by Crippen LogP contribution is -2.34. The van der Waals surface area contributed by atoms with Crippen LogP contribution in [0.2, 0.25) is 0 Å². The molecule has 0 amide bonds. The Bertz CT molecular complexity index is 900. The van der Waals surface area contributed by atoms with E-state index in [1.54, 1.807) is 14.2 Å². The summed E-state index contributed by atoms with van der Waals surface area (Å²) in [5.74, 6) is 1.76. The molecule has 4 nitrogen and oxygen atoms in total. The topological polar surface area (TPSA) is 38.8 Å². The number of rotatable bonds is 6. The summed E-state index contributed by atoms with van der Waals surface area (Å²) in [6.07, 6.45) is 11.6. The van der Waals surface area contributed by atoms with Crippen LogP contribution < -0.4 is 9.47 Å². The maximum Gasteiger partial charge on any atom is 0.187 e. The van der Waals surface area contributed by atoms with Crippen molar-refractivity contribution in [1.29, 1.82) is 0 Å². The lowest BCUT2D eigenvalue weighted by molar-refractivity contribution is -0.113. The molecule has 30 heavy (non-hydrogen) atoms. The van der Waals surface area contributed by atoms with Gasteiger partial charge in [-0.05, 0) is 42.4 Å². The first-order valence-electron chi connectivity index (χ1n) is 9.85. The van der Waals surface area contributed by atoms with Crippen molar-refractivity contribution in [1.82, 2.24) is 4.90 Å². The Kier molecular flexibility index (Phi) is 7.41. The molecule has 0 bridgehead atoms. The van der Waals surface area contributed by atoms with Crippen molar-refractivity contribution in [3.05, 3.63) is 95.1 Å². The molecule has 0 atom stereocenters. The predicted octanol–water partition coefficient (Wildman–Crippen LogP) is 4.80. The van der Waals surface area contributed by atoms with Crippen molar-refractivity contribution >= 4 is 17.9 Å². The van der Waals surface area contributed by atoms with E-state index in [1.165, 1.54) is 0 Å². The second kappa shape index (κ2) is 10.4. The lowest BCUT2D eigenvalue weighted by atomic mass is 9.97. The largest absolute Gasteiger partial charge is 0.497 e. The van der Waals surface area contributed by atoms with Crippen molar-refractivity contribution in [3.63, 3.8) is 0 Å². The molecule has 0 unspecified atom stereocenters. The Hall–Kier alpha value is -3.37. The summed E-state index contributed by atoms with van der Waals surface area (Å²) in [6.45, 7) is 1.29. The van der Waals surface area contributed by atoms with E-state index in [0.717, 1.165) is 33.8 Å². The first-order chi connectivity index (χ1) is 14.6. The van der Waals surface area contributed by atoms with Crippen LogP contribution in [-0.4, -0.2) is 45.0 Å². The highest BCUT2D eigenvalue weighted by atomic mass is 16.5. The number of hydrogen-bond acceptors (Lipinski definition) is 4.